The number of fused-ring (bicyclic) bond motifs is 1. The third-order valence-electron chi connectivity index (χ3n) is 4.08. The summed E-state index contributed by atoms with van der Waals surface area (Å²) in [7, 11) is 0. The number of anilines is 1. The van der Waals surface area contributed by atoms with Gasteiger partial charge < -0.3 is 10.1 Å². The smallest absolute Gasteiger partial charge is 0.326 e. The molecule has 1 aliphatic heterocycles. The molecule has 0 saturated heterocycles. The number of hydrogen-bond donors (Lipinski definition) is 1. The number of esters is 1. The van der Waals surface area contributed by atoms with Crippen molar-refractivity contribution in [2.75, 3.05) is 18.5 Å². The molecule has 0 unspecified atom stereocenters. The van der Waals surface area contributed by atoms with E-state index in [1.54, 1.807) is 36.4 Å². The molecule has 0 saturated carbocycles. The van der Waals surface area contributed by atoms with E-state index in [9.17, 15) is 19.2 Å². The summed E-state index contributed by atoms with van der Waals surface area (Å²) >= 11 is 0. The van der Waals surface area contributed by atoms with E-state index >= 15 is 0 Å². The third kappa shape index (κ3) is 4.22. The lowest BCUT2D eigenvalue weighted by molar-refractivity contribution is -0.150. The molecule has 1 aliphatic rings. The first-order chi connectivity index (χ1) is 13.5. The molecule has 28 heavy (non-hydrogen) atoms. The molecular formula is C20H15N3O5. The van der Waals surface area contributed by atoms with E-state index in [0.717, 1.165) is 4.90 Å². The van der Waals surface area contributed by atoms with Crippen LogP contribution < -0.4 is 5.32 Å². The molecule has 0 aliphatic carbocycles. The van der Waals surface area contributed by atoms with Gasteiger partial charge in [0.2, 0.25) is 5.91 Å². The minimum Gasteiger partial charge on any atom is -0.454 e. The van der Waals surface area contributed by atoms with Crippen LogP contribution in [0.5, 0.6) is 0 Å². The van der Waals surface area contributed by atoms with E-state index in [2.05, 4.69) is 5.32 Å². The first-order valence-corrected chi connectivity index (χ1v) is 8.36. The molecule has 0 aromatic heterocycles. The summed E-state index contributed by atoms with van der Waals surface area (Å²) in [5.74, 6) is -2.51. The Bertz CT molecular complexity index is 992. The Balaban J connectivity index is 1.52. The summed E-state index contributed by atoms with van der Waals surface area (Å²) in [6.45, 7) is -1.12. The predicted octanol–water partition coefficient (Wildman–Crippen LogP) is 1.27. The standard InChI is InChI=1S/C20H15N3O5/c21-10-13-5-7-15(8-6-13)22-17(24)12-28-19(26)11-23-18(25)9-14-3-1-2-4-16(14)20(23)27/h1-8H,9,11-12H2,(H,22,24). The second kappa shape index (κ2) is 8.14. The topological polar surface area (TPSA) is 117 Å². The van der Waals surface area contributed by atoms with Gasteiger partial charge in [-0.1, -0.05) is 18.2 Å². The minimum absolute atomic E-state index is 0.0222. The van der Waals surface area contributed by atoms with E-state index in [1.807, 2.05) is 6.07 Å². The zero-order valence-electron chi connectivity index (χ0n) is 14.7. The highest BCUT2D eigenvalue weighted by Crippen LogP contribution is 2.19. The molecule has 0 fully saturated rings. The zero-order valence-corrected chi connectivity index (χ0v) is 14.7. The largest absolute Gasteiger partial charge is 0.454 e. The molecule has 3 amide bonds. The van der Waals surface area contributed by atoms with Crippen LogP contribution in [0.25, 0.3) is 0 Å². The summed E-state index contributed by atoms with van der Waals surface area (Å²) in [4.78, 5) is 49.2. The molecule has 0 bridgehead atoms. The van der Waals surface area contributed by atoms with Crippen LogP contribution in [0.15, 0.2) is 48.5 Å². The van der Waals surface area contributed by atoms with Crippen molar-refractivity contribution >= 4 is 29.4 Å². The number of carbonyl (C=O) groups is 4. The normalized spacial score (nSPS) is 12.8. The Morgan fingerprint density at radius 3 is 2.54 bits per heavy atom. The van der Waals surface area contributed by atoms with Crippen molar-refractivity contribution in [1.82, 2.24) is 4.90 Å². The number of carbonyl (C=O) groups excluding carboxylic acids is 4. The van der Waals surface area contributed by atoms with Gasteiger partial charge in [-0.2, -0.15) is 5.26 Å². The van der Waals surface area contributed by atoms with Gasteiger partial charge >= 0.3 is 5.97 Å². The van der Waals surface area contributed by atoms with Gasteiger partial charge in [-0.3, -0.25) is 24.1 Å². The molecule has 2 aromatic rings. The number of nitriles is 1. The van der Waals surface area contributed by atoms with Crippen LogP contribution in [0, 0.1) is 11.3 Å². The monoisotopic (exact) mass is 377 g/mol. The molecule has 8 nitrogen and oxygen atoms in total. The zero-order chi connectivity index (χ0) is 20.1. The number of hydrogen-bond acceptors (Lipinski definition) is 6. The van der Waals surface area contributed by atoms with Crippen molar-refractivity contribution in [2.24, 2.45) is 0 Å². The molecule has 0 spiro atoms. The number of imide groups is 1. The average molecular weight is 377 g/mol. The van der Waals surface area contributed by atoms with Crippen LogP contribution in [0.4, 0.5) is 5.69 Å². The van der Waals surface area contributed by atoms with Crippen molar-refractivity contribution in [3.05, 3.63) is 65.2 Å². The fourth-order valence-electron chi connectivity index (χ4n) is 2.71. The highest BCUT2D eigenvalue weighted by Gasteiger charge is 2.32. The van der Waals surface area contributed by atoms with Crippen molar-refractivity contribution in [1.29, 1.82) is 5.26 Å². The van der Waals surface area contributed by atoms with E-state index in [1.165, 1.54) is 12.1 Å². The average Bonchev–Trinajstić information content (AvgIpc) is 2.70. The Kier molecular flexibility index (Phi) is 5.46. The van der Waals surface area contributed by atoms with Gasteiger partial charge in [0.1, 0.15) is 6.54 Å². The molecular weight excluding hydrogens is 362 g/mol. The van der Waals surface area contributed by atoms with Crippen molar-refractivity contribution < 1.29 is 23.9 Å². The van der Waals surface area contributed by atoms with E-state index < -0.39 is 36.8 Å². The minimum atomic E-state index is -0.865. The lowest BCUT2D eigenvalue weighted by Crippen LogP contribution is -2.45. The summed E-state index contributed by atoms with van der Waals surface area (Å²) in [6, 6.07) is 14.8. The Morgan fingerprint density at radius 1 is 1.11 bits per heavy atom. The highest BCUT2D eigenvalue weighted by molar-refractivity contribution is 6.11. The van der Waals surface area contributed by atoms with E-state index in [-0.39, 0.29) is 6.42 Å². The van der Waals surface area contributed by atoms with Gasteiger partial charge in [-0.15, -0.1) is 0 Å². The number of ether oxygens (including phenoxy) is 1. The van der Waals surface area contributed by atoms with Gasteiger partial charge in [-0.25, -0.2) is 0 Å². The lowest BCUT2D eigenvalue weighted by Gasteiger charge is -2.25. The fraction of sp³-hybridized carbons (Fsp3) is 0.150. The summed E-state index contributed by atoms with van der Waals surface area (Å²) in [5.41, 5.74) is 1.87. The maximum atomic E-state index is 12.4. The maximum Gasteiger partial charge on any atom is 0.326 e. The van der Waals surface area contributed by atoms with E-state index in [0.29, 0.717) is 22.4 Å². The first-order valence-electron chi connectivity index (χ1n) is 8.36. The second-order valence-corrected chi connectivity index (χ2v) is 6.02. The Hall–Kier alpha value is -3.99. The van der Waals surface area contributed by atoms with Crippen LogP contribution >= 0.6 is 0 Å². The molecule has 1 heterocycles. The summed E-state index contributed by atoms with van der Waals surface area (Å²) in [5, 5.41) is 11.2. The molecule has 0 atom stereocenters. The van der Waals surface area contributed by atoms with Crippen LogP contribution in [0.3, 0.4) is 0 Å². The second-order valence-electron chi connectivity index (χ2n) is 6.02. The van der Waals surface area contributed by atoms with Crippen molar-refractivity contribution in [3.8, 4) is 6.07 Å². The van der Waals surface area contributed by atoms with Gasteiger partial charge in [0.05, 0.1) is 18.1 Å². The first kappa shape index (κ1) is 18.8. The molecule has 0 radical (unpaired) electrons. The fourth-order valence-corrected chi connectivity index (χ4v) is 2.71. The lowest BCUT2D eigenvalue weighted by atomic mass is 9.98. The highest BCUT2D eigenvalue weighted by atomic mass is 16.5. The molecule has 3 rings (SSSR count). The molecule has 8 heteroatoms. The number of benzene rings is 2. The summed E-state index contributed by atoms with van der Waals surface area (Å²) < 4.78 is 4.86. The third-order valence-corrected chi connectivity index (χ3v) is 4.08. The van der Waals surface area contributed by atoms with Crippen LogP contribution in [-0.4, -0.2) is 41.7 Å². The summed E-state index contributed by atoms with van der Waals surface area (Å²) in [6.07, 6.45) is 0.0222. The van der Waals surface area contributed by atoms with Crippen molar-refractivity contribution in [2.45, 2.75) is 6.42 Å². The predicted molar refractivity (Wildman–Crippen MR) is 96.9 cm³/mol. The molecule has 140 valence electrons. The van der Waals surface area contributed by atoms with Gasteiger partial charge in [0, 0.05) is 11.3 Å². The van der Waals surface area contributed by atoms with Crippen molar-refractivity contribution in [3.63, 3.8) is 0 Å². The van der Waals surface area contributed by atoms with Gasteiger partial charge in [0.15, 0.2) is 6.61 Å². The SMILES string of the molecule is N#Cc1ccc(NC(=O)COC(=O)CN2C(=O)Cc3ccccc3C2=O)cc1. The number of nitrogens with zero attached hydrogens (tertiary/aromatic N) is 2. The Labute approximate surface area is 160 Å². The van der Waals surface area contributed by atoms with Gasteiger partial charge in [-0.05, 0) is 35.9 Å². The number of nitrogens with one attached hydrogen (secondary N) is 1. The van der Waals surface area contributed by atoms with Crippen LogP contribution in [0.2, 0.25) is 0 Å². The molecule has 1 N–H and O–H groups in total. The van der Waals surface area contributed by atoms with Gasteiger partial charge in [0.25, 0.3) is 11.8 Å². The maximum absolute atomic E-state index is 12.4. The van der Waals surface area contributed by atoms with E-state index in [4.69, 9.17) is 10.00 Å². The molecule has 2 aromatic carbocycles. The quantitative estimate of drug-likeness (QED) is 0.619. The Morgan fingerprint density at radius 2 is 1.82 bits per heavy atom. The van der Waals surface area contributed by atoms with Crippen LogP contribution in [-0.2, 0) is 25.5 Å². The number of amides is 3. The number of rotatable bonds is 5. The van der Waals surface area contributed by atoms with Crippen LogP contribution in [0.1, 0.15) is 21.5 Å².